The van der Waals surface area contributed by atoms with Gasteiger partial charge < -0.3 is 14.2 Å². The quantitative estimate of drug-likeness (QED) is 0.477. The summed E-state index contributed by atoms with van der Waals surface area (Å²) in [7, 11) is 0. The molecule has 112 valence electrons. The van der Waals surface area contributed by atoms with E-state index in [1.807, 2.05) is 0 Å². The van der Waals surface area contributed by atoms with Crippen LogP contribution in [0.15, 0.2) is 0 Å². The second-order valence-electron chi connectivity index (χ2n) is 5.36. The maximum atomic E-state index is 12.3. The zero-order chi connectivity index (χ0) is 15.2. The lowest BCUT2D eigenvalue weighted by atomic mass is 10.2. The molecule has 0 atom stereocenters. The molecule has 0 aliphatic carbocycles. The Labute approximate surface area is 115 Å². The zero-order valence-corrected chi connectivity index (χ0v) is 13.0. The third-order valence-electron chi connectivity index (χ3n) is 1.92. The molecule has 0 N–H and O–H groups in total. The summed E-state index contributed by atoms with van der Waals surface area (Å²) < 4.78 is 16.7. The first kappa shape index (κ1) is 18.2. The fourth-order valence-electron chi connectivity index (χ4n) is 1.55. The van der Waals surface area contributed by atoms with E-state index in [0.717, 1.165) is 0 Å². The first-order chi connectivity index (χ1) is 8.59. The number of ketones is 2. The minimum Gasteiger partial charge on any atom is -0.318 e. The third kappa shape index (κ3) is 6.80. The number of carbonyl (C=O) groups excluding carboxylic acids is 2. The van der Waals surface area contributed by atoms with Gasteiger partial charge in [-0.3, -0.25) is 9.59 Å². The molecule has 0 aliphatic rings. The van der Waals surface area contributed by atoms with Gasteiger partial charge >= 0.3 is 5.97 Å². The second kappa shape index (κ2) is 7.72. The van der Waals surface area contributed by atoms with Crippen LogP contribution in [0.1, 0.15) is 54.9 Å². The van der Waals surface area contributed by atoms with Crippen molar-refractivity contribution in [3.63, 3.8) is 0 Å². The van der Waals surface area contributed by atoms with Gasteiger partial charge in [0.1, 0.15) is 5.78 Å². The number of rotatable bonds is 9. The fourth-order valence-corrected chi connectivity index (χ4v) is 1.55. The summed E-state index contributed by atoms with van der Waals surface area (Å²) in [6, 6.07) is 0. The van der Waals surface area contributed by atoms with Crippen LogP contribution < -0.4 is 0 Å². The van der Waals surface area contributed by atoms with Crippen molar-refractivity contribution in [3.8, 4) is 0 Å². The van der Waals surface area contributed by atoms with Gasteiger partial charge in [-0.15, -0.1) is 0 Å². The second-order valence-corrected chi connectivity index (χ2v) is 5.36. The Balaban J connectivity index is 5.31. The molecule has 0 heterocycles. The molecule has 0 fully saturated rings. The molecule has 0 aliphatic heterocycles. The number of carbonyl (C=O) groups is 2. The Morgan fingerprint density at radius 2 is 1.16 bits per heavy atom. The van der Waals surface area contributed by atoms with Gasteiger partial charge in [0.25, 0.3) is 0 Å². The van der Waals surface area contributed by atoms with Gasteiger partial charge in [-0.1, -0.05) is 0 Å². The Bertz CT molecular complexity index is 280. The molecular formula is C14H26O5. The third-order valence-corrected chi connectivity index (χ3v) is 1.92. The average Bonchev–Trinajstić information content (AvgIpc) is 2.12. The minimum absolute atomic E-state index is 0.249. The van der Waals surface area contributed by atoms with Crippen LogP contribution in [0.4, 0.5) is 0 Å². The number of ether oxygens (including phenoxy) is 3. The van der Waals surface area contributed by atoms with Gasteiger partial charge in [0.2, 0.25) is 5.78 Å². The van der Waals surface area contributed by atoms with Crippen molar-refractivity contribution in [1.29, 1.82) is 0 Å². The number of hydrogen-bond donors (Lipinski definition) is 0. The average molecular weight is 274 g/mol. The molecule has 19 heavy (non-hydrogen) atoms. The van der Waals surface area contributed by atoms with Crippen LogP contribution in [-0.2, 0) is 23.8 Å². The highest BCUT2D eigenvalue weighted by molar-refractivity contribution is 6.00. The molecule has 0 saturated heterocycles. The topological polar surface area (TPSA) is 61.8 Å². The summed E-state index contributed by atoms with van der Waals surface area (Å²) in [6.45, 7) is 12.0. The maximum absolute atomic E-state index is 12.3. The molecule has 0 amide bonds. The predicted octanol–water partition coefficient (Wildman–Crippen LogP) is 2.46. The monoisotopic (exact) mass is 274 g/mol. The van der Waals surface area contributed by atoms with Crippen LogP contribution in [0, 0.1) is 0 Å². The van der Waals surface area contributed by atoms with Gasteiger partial charge in [0, 0.05) is 0 Å². The molecule has 0 aromatic carbocycles. The highest BCUT2D eigenvalue weighted by Gasteiger charge is 2.45. The summed E-state index contributed by atoms with van der Waals surface area (Å²) in [4.78, 5) is 23.5. The van der Waals surface area contributed by atoms with Crippen LogP contribution in [0.25, 0.3) is 0 Å². The molecular weight excluding hydrogens is 248 g/mol. The van der Waals surface area contributed by atoms with Crippen LogP contribution in [-0.4, -0.2) is 35.9 Å². The largest absolute Gasteiger partial charge is 0.347 e. The van der Waals surface area contributed by atoms with Gasteiger partial charge in [-0.05, 0) is 48.5 Å². The Morgan fingerprint density at radius 1 is 0.842 bits per heavy atom. The Hall–Kier alpha value is -0.780. The maximum Gasteiger partial charge on any atom is 0.347 e. The van der Waals surface area contributed by atoms with Crippen LogP contribution >= 0.6 is 0 Å². The summed E-state index contributed by atoms with van der Waals surface area (Å²) in [5.74, 6) is -2.56. The normalized spacial score (nSPS) is 12.5. The lowest BCUT2D eigenvalue weighted by Crippen LogP contribution is -2.51. The van der Waals surface area contributed by atoms with Crippen molar-refractivity contribution in [2.45, 2.75) is 79.2 Å². The van der Waals surface area contributed by atoms with Crippen LogP contribution in [0.3, 0.4) is 0 Å². The lowest BCUT2D eigenvalue weighted by molar-refractivity contribution is -0.382. The van der Waals surface area contributed by atoms with E-state index < -0.39 is 11.8 Å². The van der Waals surface area contributed by atoms with Gasteiger partial charge in [0.15, 0.2) is 0 Å². The van der Waals surface area contributed by atoms with E-state index in [9.17, 15) is 9.59 Å². The lowest BCUT2D eigenvalue weighted by Gasteiger charge is -2.35. The molecule has 0 aromatic rings. The molecule has 0 aromatic heterocycles. The SMILES string of the molecule is CC(=O)CC(=O)C(OC(C)C)(OC(C)C)OC(C)C. The first-order valence-corrected chi connectivity index (χ1v) is 6.65. The summed E-state index contributed by atoms with van der Waals surface area (Å²) >= 11 is 0. The minimum atomic E-state index is -1.80. The van der Waals surface area contributed by atoms with Crippen molar-refractivity contribution in [2.75, 3.05) is 0 Å². The smallest absolute Gasteiger partial charge is 0.318 e. The molecule has 0 rings (SSSR count). The van der Waals surface area contributed by atoms with E-state index >= 15 is 0 Å². The summed E-state index contributed by atoms with van der Waals surface area (Å²) in [6.07, 6.45) is -1.08. The molecule has 5 heteroatoms. The highest BCUT2D eigenvalue weighted by atomic mass is 16.9. The molecule has 0 unspecified atom stereocenters. The van der Waals surface area contributed by atoms with Crippen LogP contribution in [0.5, 0.6) is 0 Å². The molecule has 0 spiro atoms. The van der Waals surface area contributed by atoms with Crippen molar-refractivity contribution in [1.82, 2.24) is 0 Å². The summed E-state index contributed by atoms with van der Waals surface area (Å²) in [5.41, 5.74) is 0. The van der Waals surface area contributed by atoms with Crippen molar-refractivity contribution >= 4 is 11.6 Å². The molecule has 5 nitrogen and oxygen atoms in total. The molecule has 0 radical (unpaired) electrons. The van der Waals surface area contributed by atoms with Crippen molar-refractivity contribution in [2.24, 2.45) is 0 Å². The van der Waals surface area contributed by atoms with Crippen LogP contribution in [0.2, 0.25) is 0 Å². The Kier molecular flexibility index (Phi) is 7.41. The van der Waals surface area contributed by atoms with Gasteiger partial charge in [-0.2, -0.15) is 0 Å². The van der Waals surface area contributed by atoms with E-state index in [0.29, 0.717) is 0 Å². The van der Waals surface area contributed by atoms with Crippen molar-refractivity contribution in [3.05, 3.63) is 0 Å². The summed E-state index contributed by atoms with van der Waals surface area (Å²) in [5, 5.41) is 0. The predicted molar refractivity (Wildman–Crippen MR) is 71.7 cm³/mol. The van der Waals surface area contributed by atoms with Gasteiger partial charge in [-0.25, -0.2) is 0 Å². The van der Waals surface area contributed by atoms with E-state index in [1.165, 1.54) is 6.92 Å². The first-order valence-electron chi connectivity index (χ1n) is 6.65. The fraction of sp³-hybridized carbons (Fsp3) is 0.857. The van der Waals surface area contributed by atoms with E-state index in [4.69, 9.17) is 14.2 Å². The van der Waals surface area contributed by atoms with E-state index in [1.54, 1.807) is 41.5 Å². The molecule has 0 bridgehead atoms. The van der Waals surface area contributed by atoms with Gasteiger partial charge in [0.05, 0.1) is 24.7 Å². The zero-order valence-electron chi connectivity index (χ0n) is 13.0. The highest BCUT2D eigenvalue weighted by Crippen LogP contribution is 2.25. The number of hydrogen-bond acceptors (Lipinski definition) is 5. The molecule has 0 saturated carbocycles. The van der Waals surface area contributed by atoms with E-state index in [2.05, 4.69) is 0 Å². The van der Waals surface area contributed by atoms with E-state index in [-0.39, 0.29) is 30.5 Å². The standard InChI is InChI=1S/C14H26O5/c1-9(2)17-14(18-10(3)4,19-11(5)6)13(16)8-12(7)15/h9-11H,8H2,1-7H3. The Morgan fingerprint density at radius 3 is 1.37 bits per heavy atom. The van der Waals surface area contributed by atoms with Crippen molar-refractivity contribution < 1.29 is 23.8 Å². The number of Topliss-reactive ketones (excluding diaryl/α,β-unsaturated/α-hetero) is 2.